The molecule has 2 N–H and O–H groups in total. The fraction of sp³-hybridized carbons (Fsp3) is 0.381. The van der Waals surface area contributed by atoms with Gasteiger partial charge in [0.05, 0.1) is 6.54 Å². The maximum absolute atomic E-state index is 5.73. The van der Waals surface area contributed by atoms with Crippen molar-refractivity contribution in [1.82, 2.24) is 15.5 Å². The smallest absolute Gasteiger partial charge is 0.191 e. The molecular weight excluding hydrogens is 451 g/mol. The third-order valence-electron chi connectivity index (χ3n) is 3.96. The second kappa shape index (κ2) is 12.6. The average molecular weight is 482 g/mol. The highest BCUT2D eigenvalue weighted by Gasteiger charge is 2.04. The number of guanidine groups is 1. The Kier molecular flexibility index (Phi) is 10.8. The first-order chi connectivity index (χ1) is 12.6. The second-order valence-corrected chi connectivity index (χ2v) is 6.52. The Labute approximate surface area is 180 Å². The fourth-order valence-corrected chi connectivity index (χ4v) is 2.60. The van der Waals surface area contributed by atoms with E-state index >= 15 is 0 Å². The van der Waals surface area contributed by atoms with Crippen LogP contribution < -0.4 is 15.4 Å². The molecule has 2 aromatic carbocycles. The van der Waals surface area contributed by atoms with E-state index in [9.17, 15) is 0 Å². The van der Waals surface area contributed by atoms with Gasteiger partial charge < -0.3 is 20.3 Å². The van der Waals surface area contributed by atoms with E-state index in [1.807, 2.05) is 12.1 Å². The molecule has 0 aliphatic rings. The average Bonchev–Trinajstić information content (AvgIpc) is 2.63. The van der Waals surface area contributed by atoms with Crippen molar-refractivity contribution >= 4 is 29.9 Å². The molecule has 0 atom stereocenters. The van der Waals surface area contributed by atoms with Crippen molar-refractivity contribution in [2.45, 2.75) is 20.0 Å². The van der Waals surface area contributed by atoms with Crippen LogP contribution in [0.2, 0.25) is 0 Å². The number of hydrogen-bond acceptors (Lipinski definition) is 3. The van der Waals surface area contributed by atoms with Gasteiger partial charge in [-0.05, 0) is 44.3 Å². The second-order valence-electron chi connectivity index (χ2n) is 6.52. The molecule has 6 heteroatoms. The number of aryl methyl sites for hydroxylation is 1. The predicted molar refractivity (Wildman–Crippen MR) is 124 cm³/mol. The van der Waals surface area contributed by atoms with E-state index < -0.39 is 0 Å². The lowest BCUT2D eigenvalue weighted by Gasteiger charge is -2.16. The number of hydrogen-bond donors (Lipinski definition) is 2. The van der Waals surface area contributed by atoms with Crippen molar-refractivity contribution in [3.05, 3.63) is 65.2 Å². The molecule has 0 spiro atoms. The number of nitrogens with zero attached hydrogens (tertiary/aromatic N) is 2. The van der Waals surface area contributed by atoms with Crippen LogP contribution in [0.4, 0.5) is 0 Å². The van der Waals surface area contributed by atoms with Crippen molar-refractivity contribution < 1.29 is 4.74 Å². The Morgan fingerprint density at radius 2 is 1.67 bits per heavy atom. The van der Waals surface area contributed by atoms with Gasteiger partial charge in [0, 0.05) is 20.1 Å². The zero-order valence-electron chi connectivity index (χ0n) is 16.7. The highest BCUT2D eigenvalue weighted by molar-refractivity contribution is 14.0. The fourth-order valence-electron chi connectivity index (χ4n) is 2.60. The number of halogens is 1. The van der Waals surface area contributed by atoms with Gasteiger partial charge in [0.25, 0.3) is 0 Å². The molecule has 5 nitrogen and oxygen atoms in total. The zero-order chi connectivity index (χ0) is 18.8. The summed E-state index contributed by atoms with van der Waals surface area (Å²) < 4.78 is 5.73. The van der Waals surface area contributed by atoms with E-state index in [2.05, 4.69) is 77.9 Å². The molecule has 0 aromatic heterocycles. The molecule has 0 saturated carbocycles. The van der Waals surface area contributed by atoms with Gasteiger partial charge in [-0.2, -0.15) is 0 Å². The van der Waals surface area contributed by atoms with Crippen LogP contribution in [0, 0.1) is 6.92 Å². The van der Waals surface area contributed by atoms with E-state index in [0.29, 0.717) is 13.2 Å². The molecule has 0 radical (unpaired) electrons. The maximum Gasteiger partial charge on any atom is 0.191 e. The third kappa shape index (κ3) is 8.62. The van der Waals surface area contributed by atoms with Crippen molar-refractivity contribution in [1.29, 1.82) is 0 Å². The molecule has 0 heterocycles. The first kappa shape index (κ1) is 23.2. The number of ether oxygens (including phenoxy) is 1. The van der Waals surface area contributed by atoms with Crippen molar-refractivity contribution in [2.75, 3.05) is 34.3 Å². The summed E-state index contributed by atoms with van der Waals surface area (Å²) >= 11 is 0. The molecule has 0 amide bonds. The van der Waals surface area contributed by atoms with Crippen LogP contribution in [-0.2, 0) is 13.1 Å². The largest absolute Gasteiger partial charge is 0.492 e. The normalized spacial score (nSPS) is 11.1. The summed E-state index contributed by atoms with van der Waals surface area (Å²) in [7, 11) is 5.94. The lowest BCUT2D eigenvalue weighted by molar-refractivity contribution is 0.322. The topological polar surface area (TPSA) is 48.9 Å². The molecule has 2 rings (SSSR count). The molecular formula is C21H31IN4O. The lowest BCUT2D eigenvalue weighted by Crippen LogP contribution is -2.39. The molecule has 0 unspecified atom stereocenters. The molecule has 27 heavy (non-hydrogen) atoms. The third-order valence-corrected chi connectivity index (χ3v) is 3.96. The SMILES string of the molecule is CN=C(NCCOc1ccc(C)cc1)NCc1ccccc1CN(C)C.I. The molecule has 0 fully saturated rings. The Morgan fingerprint density at radius 1 is 1.00 bits per heavy atom. The van der Waals surface area contributed by atoms with Crippen LogP contribution in [0.3, 0.4) is 0 Å². The van der Waals surface area contributed by atoms with Crippen molar-refractivity contribution in [2.24, 2.45) is 4.99 Å². The van der Waals surface area contributed by atoms with Crippen LogP contribution in [0.5, 0.6) is 5.75 Å². The first-order valence-electron chi connectivity index (χ1n) is 8.94. The van der Waals surface area contributed by atoms with Crippen LogP contribution in [0.1, 0.15) is 16.7 Å². The van der Waals surface area contributed by atoms with Gasteiger partial charge >= 0.3 is 0 Å². The Balaban J connectivity index is 0.00000364. The van der Waals surface area contributed by atoms with E-state index in [-0.39, 0.29) is 24.0 Å². The van der Waals surface area contributed by atoms with Gasteiger partial charge in [0.2, 0.25) is 0 Å². The molecule has 2 aromatic rings. The summed E-state index contributed by atoms with van der Waals surface area (Å²) in [6.07, 6.45) is 0. The van der Waals surface area contributed by atoms with Gasteiger partial charge in [-0.3, -0.25) is 4.99 Å². The van der Waals surface area contributed by atoms with Crippen LogP contribution >= 0.6 is 24.0 Å². The van der Waals surface area contributed by atoms with E-state index in [4.69, 9.17) is 4.74 Å². The van der Waals surface area contributed by atoms with E-state index in [1.54, 1.807) is 7.05 Å². The molecule has 148 valence electrons. The van der Waals surface area contributed by atoms with Gasteiger partial charge in [-0.1, -0.05) is 42.0 Å². The van der Waals surface area contributed by atoms with Gasteiger partial charge in [-0.15, -0.1) is 24.0 Å². The summed E-state index contributed by atoms with van der Waals surface area (Å²) in [5, 5.41) is 6.66. The van der Waals surface area contributed by atoms with Gasteiger partial charge in [0.15, 0.2) is 5.96 Å². The van der Waals surface area contributed by atoms with E-state index in [0.717, 1.165) is 24.8 Å². The first-order valence-corrected chi connectivity index (χ1v) is 8.94. The van der Waals surface area contributed by atoms with E-state index in [1.165, 1.54) is 16.7 Å². The van der Waals surface area contributed by atoms with Gasteiger partial charge in [0.1, 0.15) is 12.4 Å². The molecule has 0 bridgehead atoms. The van der Waals surface area contributed by atoms with Crippen LogP contribution in [-0.4, -0.2) is 45.2 Å². The number of nitrogens with one attached hydrogen (secondary N) is 2. The highest BCUT2D eigenvalue weighted by atomic mass is 127. The zero-order valence-corrected chi connectivity index (χ0v) is 19.0. The number of benzene rings is 2. The molecule has 0 aliphatic heterocycles. The minimum absolute atomic E-state index is 0. The maximum atomic E-state index is 5.73. The lowest BCUT2D eigenvalue weighted by atomic mass is 10.1. The standard InChI is InChI=1S/C21H30N4O.HI/c1-17-9-11-20(12-10-17)26-14-13-23-21(22-2)24-15-18-7-5-6-8-19(18)16-25(3)4;/h5-12H,13-16H2,1-4H3,(H2,22,23,24);1H. The van der Waals surface area contributed by atoms with Crippen molar-refractivity contribution in [3.8, 4) is 5.75 Å². The number of rotatable bonds is 8. The summed E-state index contributed by atoms with van der Waals surface area (Å²) in [6, 6.07) is 16.6. The minimum atomic E-state index is 0. The Hall–Kier alpha value is -1.80. The molecule has 0 aliphatic carbocycles. The Morgan fingerprint density at radius 3 is 2.30 bits per heavy atom. The van der Waals surface area contributed by atoms with Crippen LogP contribution in [0.25, 0.3) is 0 Å². The number of aliphatic imine (C=N–C) groups is 1. The van der Waals surface area contributed by atoms with Crippen molar-refractivity contribution in [3.63, 3.8) is 0 Å². The quantitative estimate of drug-likeness (QED) is 0.262. The Bertz CT molecular complexity index is 702. The predicted octanol–water partition coefficient (Wildman–Crippen LogP) is 3.42. The summed E-state index contributed by atoms with van der Waals surface area (Å²) in [5.74, 6) is 1.66. The monoisotopic (exact) mass is 482 g/mol. The van der Waals surface area contributed by atoms with Gasteiger partial charge in [-0.25, -0.2) is 0 Å². The minimum Gasteiger partial charge on any atom is -0.492 e. The summed E-state index contributed by atoms with van der Waals surface area (Å²) in [4.78, 5) is 6.45. The summed E-state index contributed by atoms with van der Waals surface area (Å²) in [5.41, 5.74) is 3.83. The highest BCUT2D eigenvalue weighted by Crippen LogP contribution is 2.11. The summed E-state index contributed by atoms with van der Waals surface area (Å²) in [6.45, 7) is 5.00. The molecule has 0 saturated heterocycles. The van der Waals surface area contributed by atoms with Crippen LogP contribution in [0.15, 0.2) is 53.5 Å².